The summed E-state index contributed by atoms with van der Waals surface area (Å²) in [7, 11) is 0. The van der Waals surface area contributed by atoms with E-state index < -0.39 is 30.1 Å². The molecule has 9 heteroatoms. The molecule has 0 aromatic heterocycles. The Hall–Kier alpha value is -2.94. The SMILES string of the molecule is CCN(CC)c1ccc(C(=O)NC(CC(C)C)C(=O)N2CCC3C2C(=O)CN3C(=O)C(O)CCC(C)C)cc1. The largest absolute Gasteiger partial charge is 0.383 e. The lowest BCUT2D eigenvalue weighted by atomic mass is 10.0. The van der Waals surface area contributed by atoms with Crippen molar-refractivity contribution in [3.8, 4) is 0 Å². The first-order chi connectivity index (χ1) is 18.5. The number of carbonyl (C=O) groups is 4. The van der Waals surface area contributed by atoms with E-state index in [1.807, 2.05) is 39.8 Å². The van der Waals surface area contributed by atoms with Gasteiger partial charge >= 0.3 is 0 Å². The van der Waals surface area contributed by atoms with Crippen molar-refractivity contribution in [2.45, 2.75) is 91.5 Å². The number of carbonyl (C=O) groups excluding carboxylic acids is 4. The highest BCUT2D eigenvalue weighted by molar-refractivity contribution is 6.01. The molecule has 1 aromatic rings. The molecule has 0 spiro atoms. The van der Waals surface area contributed by atoms with Gasteiger partial charge in [0, 0.05) is 30.9 Å². The van der Waals surface area contributed by atoms with Crippen molar-refractivity contribution in [1.29, 1.82) is 0 Å². The molecule has 1 aromatic carbocycles. The van der Waals surface area contributed by atoms with E-state index in [2.05, 4.69) is 24.1 Å². The Balaban J connectivity index is 1.72. The van der Waals surface area contributed by atoms with Gasteiger partial charge < -0.3 is 25.1 Å². The van der Waals surface area contributed by atoms with Crippen LogP contribution in [0.1, 0.15) is 77.6 Å². The fraction of sp³-hybridized carbons (Fsp3) is 0.667. The third-order valence-electron chi connectivity index (χ3n) is 7.86. The van der Waals surface area contributed by atoms with E-state index in [4.69, 9.17) is 0 Å². The molecule has 0 bridgehead atoms. The van der Waals surface area contributed by atoms with Crippen LogP contribution in [-0.2, 0) is 14.4 Å². The molecular weight excluding hydrogens is 496 g/mol. The Bertz CT molecular complexity index is 1020. The molecule has 9 nitrogen and oxygen atoms in total. The van der Waals surface area contributed by atoms with E-state index in [1.165, 1.54) is 9.80 Å². The van der Waals surface area contributed by atoms with Crippen molar-refractivity contribution in [1.82, 2.24) is 15.1 Å². The second-order valence-electron chi connectivity index (χ2n) is 11.6. The third kappa shape index (κ3) is 7.18. The topological polar surface area (TPSA) is 110 Å². The molecule has 0 saturated carbocycles. The van der Waals surface area contributed by atoms with Gasteiger partial charge in [-0.15, -0.1) is 0 Å². The van der Waals surface area contributed by atoms with E-state index in [-0.39, 0.29) is 30.1 Å². The van der Waals surface area contributed by atoms with Gasteiger partial charge in [0.05, 0.1) is 12.6 Å². The van der Waals surface area contributed by atoms with Crippen LogP contribution < -0.4 is 10.2 Å². The average molecular weight is 543 g/mol. The molecule has 39 heavy (non-hydrogen) atoms. The van der Waals surface area contributed by atoms with Crippen molar-refractivity contribution >= 4 is 29.2 Å². The van der Waals surface area contributed by atoms with Gasteiger partial charge in [0.1, 0.15) is 18.2 Å². The minimum Gasteiger partial charge on any atom is -0.383 e. The number of likely N-dealkylation sites (tertiary alicyclic amines) is 2. The predicted octanol–water partition coefficient (Wildman–Crippen LogP) is 2.86. The molecule has 2 fully saturated rings. The van der Waals surface area contributed by atoms with Crippen LogP contribution in [0.5, 0.6) is 0 Å². The van der Waals surface area contributed by atoms with Crippen LogP contribution in [0.4, 0.5) is 5.69 Å². The number of ketones is 1. The zero-order chi connectivity index (χ0) is 28.9. The summed E-state index contributed by atoms with van der Waals surface area (Å²) in [6.07, 6.45) is 0.812. The van der Waals surface area contributed by atoms with Gasteiger partial charge in [0.25, 0.3) is 11.8 Å². The number of amides is 3. The maximum absolute atomic E-state index is 13.7. The van der Waals surface area contributed by atoms with Gasteiger partial charge in [0.15, 0.2) is 5.78 Å². The van der Waals surface area contributed by atoms with Crippen molar-refractivity contribution in [3.63, 3.8) is 0 Å². The van der Waals surface area contributed by atoms with Crippen LogP contribution in [0.25, 0.3) is 0 Å². The lowest BCUT2D eigenvalue weighted by Gasteiger charge is -2.29. The number of aliphatic hydroxyl groups is 1. The summed E-state index contributed by atoms with van der Waals surface area (Å²) in [6.45, 7) is 14.1. The number of nitrogens with zero attached hydrogens (tertiary/aromatic N) is 3. The number of rotatable bonds is 12. The van der Waals surface area contributed by atoms with Crippen LogP contribution in [0, 0.1) is 11.8 Å². The highest BCUT2D eigenvalue weighted by Crippen LogP contribution is 2.31. The smallest absolute Gasteiger partial charge is 0.252 e. The molecule has 2 aliphatic rings. The summed E-state index contributed by atoms with van der Waals surface area (Å²) >= 11 is 0. The van der Waals surface area contributed by atoms with Crippen LogP contribution in [0.3, 0.4) is 0 Å². The Morgan fingerprint density at radius 3 is 2.18 bits per heavy atom. The standard InChI is InChI=1S/C30H46N4O5/c1-7-32(8-2)22-12-10-21(11-13-22)28(37)31-23(17-20(5)6)29(38)33-16-15-24-27(33)26(36)18-34(24)30(39)25(35)14-9-19(3)4/h10-13,19-20,23-25,27,35H,7-9,14-18H2,1-6H3,(H,31,37). The fourth-order valence-electron chi connectivity index (χ4n) is 5.71. The quantitative estimate of drug-likeness (QED) is 0.420. The Kier molecular flexibility index (Phi) is 10.5. The summed E-state index contributed by atoms with van der Waals surface area (Å²) in [6, 6.07) is 5.38. The number of fused-ring (bicyclic) bond motifs is 1. The molecule has 0 radical (unpaired) electrons. The van der Waals surface area contributed by atoms with Crippen LogP contribution >= 0.6 is 0 Å². The van der Waals surface area contributed by atoms with Gasteiger partial charge in [-0.2, -0.15) is 0 Å². The van der Waals surface area contributed by atoms with Crippen molar-refractivity contribution < 1.29 is 24.3 Å². The summed E-state index contributed by atoms with van der Waals surface area (Å²) in [5.74, 6) is -0.779. The number of nitrogens with one attached hydrogen (secondary N) is 1. The second kappa shape index (κ2) is 13.4. The monoisotopic (exact) mass is 542 g/mol. The Morgan fingerprint density at radius 2 is 1.62 bits per heavy atom. The van der Waals surface area contributed by atoms with Gasteiger partial charge in [-0.3, -0.25) is 19.2 Å². The molecular formula is C30H46N4O5. The van der Waals surface area contributed by atoms with Gasteiger partial charge in [-0.25, -0.2) is 0 Å². The molecule has 0 aliphatic carbocycles. The molecule has 3 amide bonds. The van der Waals surface area contributed by atoms with E-state index in [1.54, 1.807) is 12.1 Å². The maximum atomic E-state index is 13.7. The van der Waals surface area contributed by atoms with Gasteiger partial charge in [0.2, 0.25) is 5.91 Å². The molecule has 216 valence electrons. The molecule has 2 N–H and O–H groups in total. The molecule has 4 atom stereocenters. The number of hydrogen-bond acceptors (Lipinski definition) is 6. The van der Waals surface area contributed by atoms with E-state index >= 15 is 0 Å². The minimum absolute atomic E-state index is 0.100. The molecule has 2 heterocycles. The van der Waals surface area contributed by atoms with E-state index in [0.717, 1.165) is 18.8 Å². The first kappa shape index (κ1) is 30.6. The average Bonchev–Trinajstić information content (AvgIpc) is 3.48. The summed E-state index contributed by atoms with van der Waals surface area (Å²) in [4.78, 5) is 58.1. The fourth-order valence-corrected chi connectivity index (χ4v) is 5.71. The highest BCUT2D eigenvalue weighted by atomic mass is 16.3. The Morgan fingerprint density at radius 1 is 0.974 bits per heavy atom. The minimum atomic E-state index is -1.15. The molecule has 4 unspecified atom stereocenters. The van der Waals surface area contributed by atoms with Crippen LogP contribution in [-0.4, -0.2) is 88.8 Å². The number of hydrogen-bond donors (Lipinski definition) is 2. The summed E-state index contributed by atoms with van der Waals surface area (Å²) in [5.41, 5.74) is 1.50. The predicted molar refractivity (Wildman–Crippen MR) is 151 cm³/mol. The zero-order valence-corrected chi connectivity index (χ0v) is 24.4. The maximum Gasteiger partial charge on any atom is 0.252 e. The first-order valence-electron chi connectivity index (χ1n) is 14.5. The normalized spacial score (nSPS) is 20.4. The van der Waals surface area contributed by atoms with Crippen molar-refractivity contribution in [2.24, 2.45) is 11.8 Å². The number of benzene rings is 1. The van der Waals surface area contributed by atoms with Crippen molar-refractivity contribution in [3.05, 3.63) is 29.8 Å². The van der Waals surface area contributed by atoms with Crippen LogP contribution in [0.2, 0.25) is 0 Å². The number of Topliss-reactive ketones (excluding diaryl/α,β-unsaturated/α-hetero) is 1. The lowest BCUT2D eigenvalue weighted by Crippen LogP contribution is -2.53. The Labute approximate surface area is 232 Å². The van der Waals surface area contributed by atoms with Gasteiger partial charge in [-0.05, 0) is 75.6 Å². The molecule has 3 rings (SSSR count). The van der Waals surface area contributed by atoms with E-state index in [0.29, 0.717) is 43.7 Å². The molecule has 2 aliphatic heterocycles. The van der Waals surface area contributed by atoms with Crippen molar-refractivity contribution in [2.75, 3.05) is 31.1 Å². The first-order valence-corrected chi connectivity index (χ1v) is 14.5. The molecule has 2 saturated heterocycles. The lowest BCUT2D eigenvalue weighted by molar-refractivity contribution is -0.142. The summed E-state index contributed by atoms with van der Waals surface area (Å²) < 4.78 is 0. The van der Waals surface area contributed by atoms with E-state index in [9.17, 15) is 24.3 Å². The zero-order valence-electron chi connectivity index (χ0n) is 24.4. The number of anilines is 1. The second-order valence-corrected chi connectivity index (χ2v) is 11.6. The number of aliphatic hydroxyl groups excluding tert-OH is 1. The van der Waals surface area contributed by atoms with Gasteiger partial charge in [-0.1, -0.05) is 27.7 Å². The summed E-state index contributed by atoms with van der Waals surface area (Å²) in [5, 5.41) is 13.4. The third-order valence-corrected chi connectivity index (χ3v) is 7.86. The van der Waals surface area contributed by atoms with Crippen LogP contribution in [0.15, 0.2) is 24.3 Å². The highest BCUT2D eigenvalue weighted by Gasteiger charge is 2.52.